The monoisotopic (exact) mass is 329 g/mol. The van der Waals surface area contributed by atoms with Gasteiger partial charge >= 0.3 is 0 Å². The molecule has 130 valence electrons. The molecule has 0 aliphatic heterocycles. The predicted octanol–water partition coefficient (Wildman–Crippen LogP) is 3.57. The first-order chi connectivity index (χ1) is 11.7. The molecule has 5 heteroatoms. The molecule has 0 bridgehead atoms. The van der Waals surface area contributed by atoms with Crippen LogP contribution in [0.2, 0.25) is 0 Å². The van der Waals surface area contributed by atoms with Crippen molar-refractivity contribution in [2.45, 2.75) is 44.9 Å². The Morgan fingerprint density at radius 1 is 1.25 bits per heavy atom. The Balaban J connectivity index is 1.45. The average molecular weight is 329 g/mol. The summed E-state index contributed by atoms with van der Waals surface area (Å²) >= 11 is 0. The summed E-state index contributed by atoms with van der Waals surface area (Å²) in [5, 5.41) is 7.46. The van der Waals surface area contributed by atoms with E-state index in [2.05, 4.69) is 15.8 Å². The Morgan fingerprint density at radius 3 is 2.92 bits per heavy atom. The number of fused-ring (bicyclic) bond motifs is 1. The van der Waals surface area contributed by atoms with Crippen LogP contribution in [0.4, 0.5) is 5.69 Å². The van der Waals surface area contributed by atoms with Crippen LogP contribution in [0.25, 0.3) is 0 Å². The summed E-state index contributed by atoms with van der Waals surface area (Å²) in [7, 11) is 1.63. The van der Waals surface area contributed by atoms with Crippen molar-refractivity contribution in [3.63, 3.8) is 0 Å². The molecule has 0 radical (unpaired) electrons. The van der Waals surface area contributed by atoms with Gasteiger partial charge in [-0.25, -0.2) is 5.43 Å². The van der Waals surface area contributed by atoms with E-state index in [1.54, 1.807) is 7.11 Å². The molecule has 1 aromatic carbocycles. The van der Waals surface area contributed by atoms with Gasteiger partial charge in [-0.1, -0.05) is 25.3 Å². The van der Waals surface area contributed by atoms with Gasteiger partial charge in [0.2, 0.25) is 0 Å². The number of hydrogen-bond acceptors (Lipinski definition) is 4. The first kappa shape index (κ1) is 16.8. The summed E-state index contributed by atoms with van der Waals surface area (Å²) in [4.78, 5) is 12.0. The topological polar surface area (TPSA) is 62.7 Å². The van der Waals surface area contributed by atoms with Crippen LogP contribution in [0.5, 0.6) is 5.75 Å². The third kappa shape index (κ3) is 4.49. The average Bonchev–Trinajstić information content (AvgIpc) is 2.64. The fourth-order valence-corrected chi connectivity index (χ4v) is 3.89. The van der Waals surface area contributed by atoms with Gasteiger partial charge in [-0.15, -0.1) is 0 Å². The van der Waals surface area contributed by atoms with E-state index in [4.69, 9.17) is 4.74 Å². The molecule has 2 aliphatic carbocycles. The zero-order valence-electron chi connectivity index (χ0n) is 14.4. The number of hydrogen-bond donors (Lipinski definition) is 2. The number of nitrogens with zero attached hydrogens (tertiary/aromatic N) is 1. The Morgan fingerprint density at radius 2 is 2.08 bits per heavy atom. The third-order valence-electron chi connectivity index (χ3n) is 5.23. The van der Waals surface area contributed by atoms with Gasteiger partial charge in [0.15, 0.2) is 0 Å². The predicted molar refractivity (Wildman–Crippen MR) is 96.4 cm³/mol. The fraction of sp³-hybridized carbons (Fsp3) is 0.579. The second kappa shape index (κ2) is 8.18. The molecule has 0 unspecified atom stereocenters. The van der Waals surface area contributed by atoms with E-state index in [0.29, 0.717) is 0 Å². The second-order valence-corrected chi connectivity index (χ2v) is 6.85. The van der Waals surface area contributed by atoms with Crippen molar-refractivity contribution in [3.05, 3.63) is 24.3 Å². The molecule has 5 nitrogen and oxygen atoms in total. The third-order valence-corrected chi connectivity index (χ3v) is 5.23. The maximum Gasteiger partial charge on any atom is 0.259 e. The SMILES string of the molecule is COc1cccc(NCC(=O)N/N=C2/CC[C@@H]3CCCC[C@@H]3C2)c1. The standard InChI is InChI=1S/C19H27N3O2/c1-24-18-8-4-7-16(12-18)20-13-19(23)22-21-17-10-9-14-5-2-3-6-15(14)11-17/h4,7-8,12,14-15,20H,2-3,5-6,9-11,13H2,1H3,(H,22,23)/b21-17-/t14-,15+/m0/s1. The van der Waals surface area contributed by atoms with Crippen LogP contribution in [0.3, 0.4) is 0 Å². The van der Waals surface area contributed by atoms with Crippen LogP contribution in [-0.2, 0) is 4.79 Å². The van der Waals surface area contributed by atoms with E-state index >= 15 is 0 Å². The molecule has 2 fully saturated rings. The van der Waals surface area contributed by atoms with Crippen molar-refractivity contribution < 1.29 is 9.53 Å². The van der Waals surface area contributed by atoms with E-state index in [9.17, 15) is 4.79 Å². The van der Waals surface area contributed by atoms with Crippen molar-refractivity contribution in [1.82, 2.24) is 5.43 Å². The molecule has 2 aliphatic rings. The number of amides is 1. The summed E-state index contributed by atoms with van der Waals surface area (Å²) in [6.07, 6.45) is 8.79. The normalized spacial score (nSPS) is 25.0. The summed E-state index contributed by atoms with van der Waals surface area (Å²) in [5.74, 6) is 2.34. The minimum Gasteiger partial charge on any atom is -0.497 e. The number of carbonyl (C=O) groups excluding carboxylic acids is 1. The van der Waals surface area contributed by atoms with Gasteiger partial charge in [0, 0.05) is 17.5 Å². The lowest BCUT2D eigenvalue weighted by Crippen LogP contribution is -2.31. The van der Waals surface area contributed by atoms with Gasteiger partial charge in [-0.05, 0) is 49.7 Å². The summed E-state index contributed by atoms with van der Waals surface area (Å²) in [5.41, 5.74) is 4.72. The van der Waals surface area contributed by atoms with Gasteiger partial charge in [-0.2, -0.15) is 5.10 Å². The molecule has 2 atom stereocenters. The highest BCUT2D eigenvalue weighted by Crippen LogP contribution is 2.39. The number of methoxy groups -OCH3 is 1. The van der Waals surface area contributed by atoms with Crippen molar-refractivity contribution in [1.29, 1.82) is 0 Å². The molecular formula is C19H27N3O2. The molecule has 0 heterocycles. The summed E-state index contributed by atoms with van der Waals surface area (Å²) < 4.78 is 5.17. The van der Waals surface area contributed by atoms with E-state index < -0.39 is 0 Å². The summed E-state index contributed by atoms with van der Waals surface area (Å²) in [6.45, 7) is 0.204. The van der Waals surface area contributed by atoms with E-state index in [-0.39, 0.29) is 12.5 Å². The minimum atomic E-state index is -0.115. The van der Waals surface area contributed by atoms with Gasteiger partial charge in [-0.3, -0.25) is 4.79 Å². The first-order valence-electron chi connectivity index (χ1n) is 8.97. The van der Waals surface area contributed by atoms with Crippen LogP contribution in [0.1, 0.15) is 44.9 Å². The highest BCUT2D eigenvalue weighted by atomic mass is 16.5. The molecule has 2 saturated carbocycles. The zero-order valence-corrected chi connectivity index (χ0v) is 14.4. The first-order valence-corrected chi connectivity index (χ1v) is 8.97. The number of benzene rings is 1. The van der Waals surface area contributed by atoms with Gasteiger partial charge < -0.3 is 10.1 Å². The zero-order chi connectivity index (χ0) is 16.8. The van der Waals surface area contributed by atoms with Crippen molar-refractivity contribution in [3.8, 4) is 5.75 Å². The van der Waals surface area contributed by atoms with E-state index in [1.165, 1.54) is 32.1 Å². The molecule has 3 rings (SSSR count). The molecule has 0 spiro atoms. The molecule has 0 aromatic heterocycles. The molecule has 2 N–H and O–H groups in total. The van der Waals surface area contributed by atoms with Crippen molar-refractivity contribution in [2.24, 2.45) is 16.9 Å². The van der Waals surface area contributed by atoms with Crippen molar-refractivity contribution >= 4 is 17.3 Å². The number of rotatable bonds is 5. The van der Waals surface area contributed by atoms with E-state index in [0.717, 1.165) is 41.8 Å². The number of carbonyl (C=O) groups is 1. The quantitative estimate of drug-likeness (QED) is 0.812. The van der Waals surface area contributed by atoms with Crippen LogP contribution in [0, 0.1) is 11.8 Å². The van der Waals surface area contributed by atoms with Crippen molar-refractivity contribution in [2.75, 3.05) is 19.0 Å². The molecule has 1 amide bonds. The van der Waals surface area contributed by atoms with Gasteiger partial charge in [0.25, 0.3) is 5.91 Å². The number of nitrogens with one attached hydrogen (secondary N) is 2. The van der Waals surface area contributed by atoms with E-state index in [1.807, 2.05) is 24.3 Å². The van der Waals surface area contributed by atoms with Crippen LogP contribution in [0.15, 0.2) is 29.4 Å². The molecular weight excluding hydrogens is 302 g/mol. The van der Waals surface area contributed by atoms with Crippen LogP contribution in [-0.4, -0.2) is 25.3 Å². The van der Waals surface area contributed by atoms with Gasteiger partial charge in [0.1, 0.15) is 5.75 Å². The van der Waals surface area contributed by atoms with Gasteiger partial charge in [0.05, 0.1) is 13.7 Å². The smallest absolute Gasteiger partial charge is 0.259 e. The number of hydrazone groups is 1. The maximum atomic E-state index is 12.0. The Kier molecular flexibility index (Phi) is 5.72. The lowest BCUT2D eigenvalue weighted by Gasteiger charge is -2.35. The highest BCUT2D eigenvalue weighted by molar-refractivity contribution is 5.88. The summed E-state index contributed by atoms with van der Waals surface area (Å²) in [6, 6.07) is 7.54. The Bertz CT molecular complexity index is 600. The molecule has 0 saturated heterocycles. The fourth-order valence-electron chi connectivity index (χ4n) is 3.89. The largest absolute Gasteiger partial charge is 0.497 e. The number of ether oxygens (including phenoxy) is 1. The maximum absolute atomic E-state index is 12.0. The molecule has 1 aromatic rings. The Labute approximate surface area is 143 Å². The number of anilines is 1. The highest BCUT2D eigenvalue weighted by Gasteiger charge is 2.30. The van der Waals surface area contributed by atoms with Crippen LogP contribution < -0.4 is 15.5 Å². The molecule has 24 heavy (non-hydrogen) atoms. The lowest BCUT2D eigenvalue weighted by atomic mass is 9.70. The Hall–Kier alpha value is -2.04. The minimum absolute atomic E-state index is 0.115. The lowest BCUT2D eigenvalue weighted by molar-refractivity contribution is -0.119. The second-order valence-electron chi connectivity index (χ2n) is 6.85. The van der Waals surface area contributed by atoms with Crippen LogP contribution >= 0.6 is 0 Å².